The second kappa shape index (κ2) is 5.32. The van der Waals surface area contributed by atoms with Crippen LogP contribution in [0.1, 0.15) is 26.3 Å². The van der Waals surface area contributed by atoms with Crippen LogP contribution >= 0.6 is 0 Å². The van der Waals surface area contributed by atoms with Crippen LogP contribution in [-0.2, 0) is 0 Å². The molecule has 2 heterocycles. The number of amides is 1. The van der Waals surface area contributed by atoms with Gasteiger partial charge >= 0.3 is 6.09 Å². The molecule has 1 amide bonds. The monoisotopic (exact) mass is 278 g/mol. The molecule has 1 atom stereocenters. The van der Waals surface area contributed by atoms with Crippen molar-refractivity contribution in [2.24, 2.45) is 0 Å². The molecule has 0 fully saturated rings. The van der Waals surface area contributed by atoms with E-state index in [1.165, 1.54) is 4.90 Å². The lowest BCUT2D eigenvalue weighted by Crippen LogP contribution is -2.26. The first-order valence-electron chi connectivity index (χ1n) is 6.33. The molecule has 20 heavy (non-hydrogen) atoms. The first-order valence-corrected chi connectivity index (χ1v) is 6.33. The second-order valence-electron chi connectivity index (χ2n) is 4.73. The van der Waals surface area contributed by atoms with Gasteiger partial charge < -0.3 is 19.9 Å². The molecule has 108 valence electrons. The highest BCUT2D eigenvalue weighted by atomic mass is 16.6. The van der Waals surface area contributed by atoms with Crippen molar-refractivity contribution >= 4 is 23.2 Å². The number of nitrogens with zero attached hydrogens (tertiary/aromatic N) is 5. The maximum atomic E-state index is 11.6. The van der Waals surface area contributed by atoms with Gasteiger partial charge in [-0.2, -0.15) is 9.97 Å². The molecule has 2 aromatic heterocycles. The van der Waals surface area contributed by atoms with Crippen molar-refractivity contribution in [2.75, 3.05) is 19.8 Å². The number of ether oxygens (including phenoxy) is 1. The van der Waals surface area contributed by atoms with Gasteiger partial charge in [0.1, 0.15) is 0 Å². The number of anilines is 1. The Kier molecular flexibility index (Phi) is 3.73. The largest absolute Gasteiger partial charge is 0.416 e. The first-order chi connectivity index (χ1) is 9.43. The van der Waals surface area contributed by atoms with Crippen molar-refractivity contribution < 1.29 is 9.53 Å². The van der Waals surface area contributed by atoms with Gasteiger partial charge in [0, 0.05) is 20.1 Å². The van der Waals surface area contributed by atoms with Crippen LogP contribution in [0.3, 0.4) is 0 Å². The quantitative estimate of drug-likeness (QED) is 0.912. The van der Waals surface area contributed by atoms with Crippen LogP contribution < -0.4 is 10.5 Å². The third kappa shape index (κ3) is 2.49. The SMILES string of the molecule is CCC(C)n1cnc2c(OC(=O)N(C)C)nc(N)nc21. The summed E-state index contributed by atoms with van der Waals surface area (Å²) in [7, 11) is 3.17. The Balaban J connectivity index is 2.51. The van der Waals surface area contributed by atoms with E-state index in [0.29, 0.717) is 11.2 Å². The summed E-state index contributed by atoms with van der Waals surface area (Å²) in [5.41, 5.74) is 6.67. The standard InChI is InChI=1S/C12H18N6O2/c1-5-7(2)18-6-14-8-9(18)15-11(13)16-10(8)20-12(19)17(3)4/h6-7H,5H2,1-4H3,(H2,13,15,16). The fraction of sp³-hybridized carbons (Fsp3) is 0.500. The number of imidazole rings is 1. The maximum absolute atomic E-state index is 11.6. The van der Waals surface area contributed by atoms with E-state index in [-0.39, 0.29) is 17.9 Å². The summed E-state index contributed by atoms with van der Waals surface area (Å²) >= 11 is 0. The summed E-state index contributed by atoms with van der Waals surface area (Å²) in [6, 6.07) is 0.215. The van der Waals surface area contributed by atoms with Crippen LogP contribution in [0, 0.1) is 0 Å². The van der Waals surface area contributed by atoms with E-state index < -0.39 is 6.09 Å². The first kappa shape index (κ1) is 14.0. The Morgan fingerprint density at radius 2 is 2.20 bits per heavy atom. The highest BCUT2D eigenvalue weighted by Gasteiger charge is 2.18. The molecule has 0 radical (unpaired) electrons. The Hall–Kier alpha value is -2.38. The second-order valence-corrected chi connectivity index (χ2v) is 4.73. The van der Waals surface area contributed by atoms with Gasteiger partial charge in [-0.25, -0.2) is 9.78 Å². The predicted molar refractivity (Wildman–Crippen MR) is 74.4 cm³/mol. The van der Waals surface area contributed by atoms with E-state index in [9.17, 15) is 4.79 Å². The molecule has 0 spiro atoms. The van der Waals surface area contributed by atoms with Crippen molar-refractivity contribution in [3.63, 3.8) is 0 Å². The lowest BCUT2D eigenvalue weighted by atomic mass is 10.2. The molecule has 2 N–H and O–H groups in total. The number of carbonyl (C=O) groups is 1. The molecule has 0 aliphatic carbocycles. The molecule has 0 aromatic carbocycles. The molecule has 0 aliphatic rings. The van der Waals surface area contributed by atoms with Gasteiger partial charge in [-0.15, -0.1) is 0 Å². The Labute approximate surface area is 116 Å². The van der Waals surface area contributed by atoms with Gasteiger partial charge in [0.15, 0.2) is 11.2 Å². The average Bonchev–Trinajstić information content (AvgIpc) is 2.81. The van der Waals surface area contributed by atoms with Crippen LogP contribution in [0.2, 0.25) is 0 Å². The smallest absolute Gasteiger partial charge is 0.388 e. The van der Waals surface area contributed by atoms with E-state index >= 15 is 0 Å². The number of nitrogens with two attached hydrogens (primary N) is 1. The summed E-state index contributed by atoms with van der Waals surface area (Å²) in [4.78, 5) is 25.3. The Morgan fingerprint density at radius 1 is 1.50 bits per heavy atom. The van der Waals surface area contributed by atoms with Gasteiger partial charge in [-0.05, 0) is 13.3 Å². The van der Waals surface area contributed by atoms with E-state index in [1.807, 2.05) is 11.5 Å². The van der Waals surface area contributed by atoms with Crippen molar-refractivity contribution in [3.8, 4) is 5.88 Å². The fourth-order valence-electron chi connectivity index (χ4n) is 1.67. The van der Waals surface area contributed by atoms with Crippen LogP contribution in [0.4, 0.5) is 10.7 Å². The topological polar surface area (TPSA) is 99.2 Å². The fourth-order valence-corrected chi connectivity index (χ4v) is 1.67. The molecule has 8 heteroatoms. The lowest BCUT2D eigenvalue weighted by molar-refractivity contribution is 0.170. The molecular weight excluding hydrogens is 260 g/mol. The van der Waals surface area contributed by atoms with Crippen LogP contribution in [0.5, 0.6) is 5.88 Å². The normalized spacial score (nSPS) is 12.4. The van der Waals surface area contributed by atoms with Gasteiger partial charge in [0.05, 0.1) is 6.33 Å². The van der Waals surface area contributed by atoms with Crippen molar-refractivity contribution in [3.05, 3.63) is 6.33 Å². The molecule has 1 unspecified atom stereocenters. The summed E-state index contributed by atoms with van der Waals surface area (Å²) in [6.07, 6.45) is 2.03. The average molecular weight is 278 g/mol. The number of nitrogen functional groups attached to an aromatic ring is 1. The van der Waals surface area contributed by atoms with Crippen LogP contribution in [0.25, 0.3) is 11.2 Å². The highest BCUT2D eigenvalue weighted by molar-refractivity contribution is 5.81. The number of aromatic nitrogens is 4. The zero-order chi connectivity index (χ0) is 14.9. The van der Waals surface area contributed by atoms with Crippen LogP contribution in [0.15, 0.2) is 6.33 Å². The van der Waals surface area contributed by atoms with Crippen molar-refractivity contribution in [1.29, 1.82) is 0 Å². The minimum absolute atomic E-state index is 0.0455. The van der Waals surface area contributed by atoms with Gasteiger partial charge in [-0.3, -0.25) is 0 Å². The van der Waals surface area contributed by atoms with Gasteiger partial charge in [-0.1, -0.05) is 6.92 Å². The highest BCUT2D eigenvalue weighted by Crippen LogP contribution is 2.25. The lowest BCUT2D eigenvalue weighted by Gasteiger charge is -2.12. The molecule has 0 aliphatic heterocycles. The van der Waals surface area contributed by atoms with Gasteiger partial charge in [0.25, 0.3) is 5.88 Å². The Morgan fingerprint density at radius 3 is 2.80 bits per heavy atom. The maximum Gasteiger partial charge on any atom is 0.416 e. The Bertz CT molecular complexity index is 636. The minimum atomic E-state index is -0.539. The van der Waals surface area contributed by atoms with E-state index in [4.69, 9.17) is 10.5 Å². The molecule has 8 nitrogen and oxygen atoms in total. The van der Waals surface area contributed by atoms with Crippen LogP contribution in [-0.4, -0.2) is 44.6 Å². The zero-order valence-corrected chi connectivity index (χ0v) is 12.0. The number of fused-ring (bicyclic) bond motifs is 1. The summed E-state index contributed by atoms with van der Waals surface area (Å²) in [6.45, 7) is 4.11. The molecule has 0 saturated carbocycles. The van der Waals surface area contributed by atoms with E-state index in [0.717, 1.165) is 6.42 Å². The number of rotatable bonds is 3. The number of carbonyl (C=O) groups excluding carboxylic acids is 1. The number of hydrogen-bond acceptors (Lipinski definition) is 6. The molecule has 2 rings (SSSR count). The third-order valence-corrected chi connectivity index (χ3v) is 3.02. The predicted octanol–water partition coefficient (Wildman–Crippen LogP) is 1.44. The number of hydrogen-bond donors (Lipinski definition) is 1. The van der Waals surface area contributed by atoms with Crippen molar-refractivity contribution in [1.82, 2.24) is 24.4 Å². The third-order valence-electron chi connectivity index (χ3n) is 3.02. The molecule has 2 aromatic rings. The molecular formula is C12H18N6O2. The van der Waals surface area contributed by atoms with E-state index in [2.05, 4.69) is 21.9 Å². The van der Waals surface area contributed by atoms with Gasteiger partial charge in [0.2, 0.25) is 5.95 Å². The summed E-state index contributed by atoms with van der Waals surface area (Å²) < 4.78 is 7.07. The minimum Gasteiger partial charge on any atom is -0.388 e. The molecule has 0 saturated heterocycles. The molecule has 0 bridgehead atoms. The van der Waals surface area contributed by atoms with E-state index in [1.54, 1.807) is 20.4 Å². The van der Waals surface area contributed by atoms with Crippen molar-refractivity contribution in [2.45, 2.75) is 26.3 Å². The summed E-state index contributed by atoms with van der Waals surface area (Å²) in [5, 5.41) is 0. The summed E-state index contributed by atoms with van der Waals surface area (Å²) in [5.74, 6) is 0.123. The zero-order valence-electron chi connectivity index (χ0n) is 12.0.